The fraction of sp³-hybridized carbons (Fsp3) is 0.292. The number of ether oxygens (including phenoxy) is 2. The van der Waals surface area contributed by atoms with Gasteiger partial charge in [0.2, 0.25) is 5.56 Å². The van der Waals surface area contributed by atoms with Crippen LogP contribution in [0.15, 0.2) is 53.6 Å². The van der Waals surface area contributed by atoms with Crippen LogP contribution in [-0.4, -0.2) is 59.2 Å². The zero-order chi connectivity index (χ0) is 24.1. The van der Waals surface area contributed by atoms with Crippen LogP contribution in [0.5, 0.6) is 17.2 Å². The lowest BCUT2D eigenvalue weighted by atomic mass is 10.2. The number of H-pyrrole nitrogens is 1. The molecule has 1 aromatic carbocycles. The van der Waals surface area contributed by atoms with Crippen molar-refractivity contribution < 1.29 is 19.4 Å². The van der Waals surface area contributed by atoms with Gasteiger partial charge in [0.1, 0.15) is 18.1 Å². The molecule has 5 rings (SSSR count). The molecule has 2 aliphatic heterocycles. The maximum Gasteiger partial charge on any atom is 0.255 e. The standard InChI is InChI=1S/C14H13ClN2O3.C10H12N2O2/c1-19-13-6-9(8-16-14(13)15)17-4-5-20-12-3-2-10(18)7-11(12)17;13-9-4-3-8(7-11-9)10(14)12-5-1-2-6-12/h2-3,6-8,18H,4-5H2,1H3;3-4,7H,1-2,5-6H2,(H,11,13). The van der Waals surface area contributed by atoms with E-state index in [0.29, 0.717) is 29.6 Å². The number of fused-ring (bicyclic) bond motifs is 1. The number of amides is 1. The molecule has 2 aliphatic rings. The number of anilines is 2. The Hall–Kier alpha value is -3.72. The van der Waals surface area contributed by atoms with E-state index in [4.69, 9.17) is 21.1 Å². The normalized spacial score (nSPS) is 14.5. The Labute approximate surface area is 201 Å². The van der Waals surface area contributed by atoms with Crippen molar-refractivity contribution >= 4 is 28.9 Å². The number of methoxy groups -OCH3 is 1. The third-order valence-electron chi connectivity index (χ3n) is 5.55. The average molecular weight is 485 g/mol. The van der Waals surface area contributed by atoms with Crippen molar-refractivity contribution in [1.29, 1.82) is 0 Å². The number of hydrogen-bond donors (Lipinski definition) is 2. The van der Waals surface area contributed by atoms with Crippen molar-refractivity contribution in [2.24, 2.45) is 0 Å². The van der Waals surface area contributed by atoms with Gasteiger partial charge in [0.05, 0.1) is 36.8 Å². The summed E-state index contributed by atoms with van der Waals surface area (Å²) >= 11 is 5.94. The van der Waals surface area contributed by atoms with Crippen molar-refractivity contribution in [3.8, 4) is 17.2 Å². The van der Waals surface area contributed by atoms with Gasteiger partial charge in [-0.05, 0) is 31.0 Å². The van der Waals surface area contributed by atoms with Gasteiger partial charge >= 0.3 is 0 Å². The highest BCUT2D eigenvalue weighted by Gasteiger charge is 2.21. The molecule has 9 nitrogen and oxygen atoms in total. The lowest BCUT2D eigenvalue weighted by Crippen LogP contribution is -2.28. The number of carbonyl (C=O) groups excluding carboxylic acids is 1. The van der Waals surface area contributed by atoms with Gasteiger partial charge in [-0.1, -0.05) is 11.6 Å². The minimum atomic E-state index is -0.178. The maximum atomic E-state index is 11.8. The second-order valence-corrected chi connectivity index (χ2v) is 8.14. The number of aromatic hydroxyl groups is 1. The molecule has 178 valence electrons. The maximum absolute atomic E-state index is 11.8. The predicted molar refractivity (Wildman–Crippen MR) is 129 cm³/mol. The molecule has 0 saturated carbocycles. The van der Waals surface area contributed by atoms with E-state index < -0.39 is 0 Å². The van der Waals surface area contributed by atoms with Crippen LogP contribution in [0, 0.1) is 0 Å². The van der Waals surface area contributed by atoms with Crippen LogP contribution in [0.25, 0.3) is 0 Å². The molecule has 10 heteroatoms. The van der Waals surface area contributed by atoms with Crippen LogP contribution in [0.1, 0.15) is 23.2 Å². The minimum Gasteiger partial charge on any atom is -0.508 e. The summed E-state index contributed by atoms with van der Waals surface area (Å²) < 4.78 is 10.8. The minimum absolute atomic E-state index is 0.0127. The number of halogens is 1. The monoisotopic (exact) mass is 484 g/mol. The van der Waals surface area contributed by atoms with Gasteiger partial charge in [0.15, 0.2) is 10.9 Å². The van der Waals surface area contributed by atoms with Gasteiger partial charge in [0.25, 0.3) is 5.91 Å². The summed E-state index contributed by atoms with van der Waals surface area (Å²) in [7, 11) is 1.55. The molecule has 0 atom stereocenters. The largest absolute Gasteiger partial charge is 0.508 e. The van der Waals surface area contributed by atoms with Crippen molar-refractivity contribution in [1.82, 2.24) is 14.9 Å². The Bertz CT molecular complexity index is 1210. The van der Waals surface area contributed by atoms with Gasteiger partial charge in [-0.3, -0.25) is 9.59 Å². The molecule has 3 aromatic rings. The molecule has 4 heterocycles. The number of hydrogen-bond acceptors (Lipinski definition) is 7. The highest BCUT2D eigenvalue weighted by Crippen LogP contribution is 2.40. The molecular formula is C24H25ClN4O5. The summed E-state index contributed by atoms with van der Waals surface area (Å²) in [5.41, 5.74) is 2.01. The van der Waals surface area contributed by atoms with Crippen LogP contribution in [0.3, 0.4) is 0 Å². The van der Waals surface area contributed by atoms with Crippen LogP contribution < -0.4 is 19.9 Å². The van der Waals surface area contributed by atoms with Gasteiger partial charge in [-0.25, -0.2) is 4.98 Å². The first-order valence-corrected chi connectivity index (χ1v) is 11.2. The summed E-state index contributed by atoms with van der Waals surface area (Å²) in [5.74, 6) is 1.44. The second kappa shape index (κ2) is 10.5. The van der Waals surface area contributed by atoms with E-state index in [1.165, 1.54) is 12.3 Å². The summed E-state index contributed by atoms with van der Waals surface area (Å²) in [4.78, 5) is 33.0. The molecule has 0 spiro atoms. The van der Waals surface area contributed by atoms with E-state index in [-0.39, 0.29) is 17.2 Å². The molecule has 1 saturated heterocycles. The first kappa shape index (κ1) is 23.4. The molecular weight excluding hydrogens is 460 g/mol. The average Bonchev–Trinajstić information content (AvgIpc) is 3.40. The molecule has 0 bridgehead atoms. The van der Waals surface area contributed by atoms with E-state index in [2.05, 4.69) is 9.97 Å². The first-order valence-electron chi connectivity index (χ1n) is 10.9. The smallest absolute Gasteiger partial charge is 0.255 e. The summed E-state index contributed by atoms with van der Waals surface area (Å²) in [5, 5.41) is 9.97. The Balaban J connectivity index is 0.000000172. The number of phenolic OH excluding ortho intramolecular Hbond substituents is 1. The van der Waals surface area contributed by atoms with E-state index in [1.807, 2.05) is 15.9 Å². The predicted octanol–water partition coefficient (Wildman–Crippen LogP) is 3.59. The molecule has 0 aliphatic carbocycles. The van der Waals surface area contributed by atoms with Gasteiger partial charge in [-0.15, -0.1) is 0 Å². The molecule has 1 amide bonds. The fourth-order valence-electron chi connectivity index (χ4n) is 3.83. The zero-order valence-corrected chi connectivity index (χ0v) is 19.4. The number of rotatable bonds is 3. The molecule has 2 aromatic heterocycles. The van der Waals surface area contributed by atoms with Crippen molar-refractivity contribution in [2.75, 3.05) is 38.3 Å². The zero-order valence-electron chi connectivity index (χ0n) is 18.7. The van der Waals surface area contributed by atoms with Gasteiger partial charge < -0.3 is 29.4 Å². The highest BCUT2D eigenvalue weighted by molar-refractivity contribution is 6.30. The molecule has 34 heavy (non-hydrogen) atoms. The number of phenols is 1. The first-order chi connectivity index (χ1) is 16.5. The molecule has 1 fully saturated rings. The Morgan fingerprint density at radius 1 is 1.18 bits per heavy atom. The second-order valence-electron chi connectivity index (χ2n) is 7.78. The van der Waals surface area contributed by atoms with Crippen LogP contribution in [0.2, 0.25) is 5.15 Å². The number of nitrogens with zero attached hydrogens (tertiary/aromatic N) is 3. The SMILES string of the molecule is COc1cc(N2CCOc3ccc(O)cc32)cnc1Cl.O=C(c1ccc(=O)[nH]c1)N1CCCC1. The third-order valence-corrected chi connectivity index (χ3v) is 5.84. The van der Waals surface area contributed by atoms with Crippen LogP contribution >= 0.6 is 11.6 Å². The Morgan fingerprint density at radius 2 is 1.97 bits per heavy atom. The van der Waals surface area contributed by atoms with E-state index in [1.54, 1.807) is 37.6 Å². The van der Waals surface area contributed by atoms with Gasteiger partial charge in [-0.2, -0.15) is 0 Å². The summed E-state index contributed by atoms with van der Waals surface area (Å²) in [6.45, 7) is 2.88. The number of carbonyl (C=O) groups is 1. The number of nitrogens with one attached hydrogen (secondary N) is 1. The van der Waals surface area contributed by atoms with Crippen LogP contribution in [-0.2, 0) is 0 Å². The number of likely N-dealkylation sites (tertiary alicyclic amines) is 1. The lowest BCUT2D eigenvalue weighted by molar-refractivity contribution is 0.0792. The molecule has 2 N–H and O–H groups in total. The van der Waals surface area contributed by atoms with E-state index in [9.17, 15) is 14.7 Å². The third kappa shape index (κ3) is 5.26. The number of pyridine rings is 2. The van der Waals surface area contributed by atoms with Gasteiger partial charge in [0, 0.05) is 37.5 Å². The number of aromatic nitrogens is 2. The highest BCUT2D eigenvalue weighted by atomic mass is 35.5. The summed E-state index contributed by atoms with van der Waals surface area (Å²) in [6.07, 6.45) is 5.30. The summed E-state index contributed by atoms with van der Waals surface area (Å²) in [6, 6.07) is 9.77. The van der Waals surface area contributed by atoms with Crippen molar-refractivity contribution in [3.05, 3.63) is 69.9 Å². The molecule has 0 radical (unpaired) electrons. The lowest BCUT2D eigenvalue weighted by Gasteiger charge is -2.31. The number of benzene rings is 1. The Kier molecular flexibility index (Phi) is 7.22. The van der Waals surface area contributed by atoms with E-state index in [0.717, 1.165) is 43.1 Å². The fourth-order valence-corrected chi connectivity index (χ4v) is 4.01. The Morgan fingerprint density at radius 3 is 2.68 bits per heavy atom. The quantitative estimate of drug-likeness (QED) is 0.547. The number of aromatic amines is 1. The van der Waals surface area contributed by atoms with Crippen molar-refractivity contribution in [3.63, 3.8) is 0 Å². The van der Waals surface area contributed by atoms with Crippen LogP contribution in [0.4, 0.5) is 11.4 Å². The van der Waals surface area contributed by atoms with E-state index >= 15 is 0 Å². The van der Waals surface area contributed by atoms with Crippen molar-refractivity contribution in [2.45, 2.75) is 12.8 Å². The molecule has 0 unspecified atom stereocenters. The topological polar surface area (TPSA) is 108 Å².